The van der Waals surface area contributed by atoms with Gasteiger partial charge in [0.25, 0.3) is 0 Å². The Labute approximate surface area is 124 Å². The van der Waals surface area contributed by atoms with Crippen LogP contribution < -0.4 is 11.1 Å². The van der Waals surface area contributed by atoms with Gasteiger partial charge in [-0.1, -0.05) is 19.3 Å². The molecule has 0 atom stereocenters. The molecule has 0 unspecified atom stereocenters. The van der Waals surface area contributed by atoms with Gasteiger partial charge in [0, 0.05) is 23.0 Å². The molecule has 3 rings (SSSR count). The molecule has 1 aromatic heterocycles. The molecule has 21 heavy (non-hydrogen) atoms. The first-order valence-electron chi connectivity index (χ1n) is 7.57. The number of fused-ring (bicyclic) bond motifs is 1. The van der Waals surface area contributed by atoms with Crippen LogP contribution in [0, 0.1) is 5.41 Å². The van der Waals surface area contributed by atoms with Crippen LogP contribution in [0.2, 0.25) is 0 Å². The molecule has 1 saturated carbocycles. The molecule has 5 nitrogen and oxygen atoms in total. The molecular weight excluding hydrogens is 264 g/mol. The molecule has 0 aliphatic heterocycles. The number of nitrogens with zero attached hydrogens (tertiary/aromatic N) is 2. The summed E-state index contributed by atoms with van der Waals surface area (Å²) in [6.07, 6.45) is 7.37. The minimum Gasteiger partial charge on any atom is -0.399 e. The fourth-order valence-corrected chi connectivity index (χ4v) is 3.18. The number of aliphatic hydroxyl groups excluding tert-OH is 1. The zero-order chi connectivity index (χ0) is 14.7. The highest BCUT2D eigenvalue weighted by molar-refractivity contribution is 5.91. The standard InChI is InChI=1S/C16H22N4O/c17-12-4-5-14-13(8-12)15(20-11-19-14)18-9-16(10-21)6-2-1-3-7-16/h4-5,8,11,21H,1-3,6-7,9-10,17H2,(H,18,19,20). The second kappa shape index (κ2) is 5.85. The lowest BCUT2D eigenvalue weighted by Gasteiger charge is -2.35. The first-order chi connectivity index (χ1) is 10.2. The number of hydrogen-bond acceptors (Lipinski definition) is 5. The van der Waals surface area contributed by atoms with Crippen LogP contribution in [-0.2, 0) is 0 Å². The topological polar surface area (TPSA) is 84.1 Å². The number of aromatic nitrogens is 2. The third-order valence-electron chi connectivity index (χ3n) is 4.54. The van der Waals surface area contributed by atoms with E-state index in [0.29, 0.717) is 5.69 Å². The minimum absolute atomic E-state index is 0.0180. The molecule has 0 spiro atoms. The number of nitrogens with one attached hydrogen (secondary N) is 1. The third kappa shape index (κ3) is 2.93. The van der Waals surface area contributed by atoms with Crippen LogP contribution in [0.5, 0.6) is 0 Å². The maximum Gasteiger partial charge on any atom is 0.137 e. The molecule has 2 aromatic rings. The van der Waals surface area contributed by atoms with Gasteiger partial charge in [0.05, 0.1) is 12.1 Å². The molecule has 1 heterocycles. The van der Waals surface area contributed by atoms with E-state index in [9.17, 15) is 5.11 Å². The summed E-state index contributed by atoms with van der Waals surface area (Å²) in [5.41, 5.74) is 7.42. The molecule has 5 heteroatoms. The first-order valence-corrected chi connectivity index (χ1v) is 7.57. The summed E-state index contributed by atoms with van der Waals surface area (Å²) in [5.74, 6) is 0.797. The number of nitrogens with two attached hydrogens (primary N) is 1. The van der Waals surface area contributed by atoms with Crippen molar-refractivity contribution in [2.24, 2.45) is 5.41 Å². The number of hydrogen-bond donors (Lipinski definition) is 3. The Morgan fingerprint density at radius 1 is 1.19 bits per heavy atom. The average molecular weight is 286 g/mol. The van der Waals surface area contributed by atoms with E-state index in [1.54, 1.807) is 6.33 Å². The average Bonchev–Trinajstić information content (AvgIpc) is 2.54. The Balaban J connectivity index is 1.83. The number of benzene rings is 1. The van der Waals surface area contributed by atoms with Crippen molar-refractivity contribution < 1.29 is 5.11 Å². The van der Waals surface area contributed by atoms with Crippen molar-refractivity contribution in [1.82, 2.24) is 9.97 Å². The van der Waals surface area contributed by atoms with E-state index >= 15 is 0 Å². The van der Waals surface area contributed by atoms with E-state index in [1.165, 1.54) is 19.3 Å². The normalized spacial score (nSPS) is 17.8. The van der Waals surface area contributed by atoms with Gasteiger partial charge in [-0.3, -0.25) is 0 Å². The van der Waals surface area contributed by atoms with Gasteiger partial charge in [0.15, 0.2) is 0 Å². The number of nitrogen functional groups attached to an aromatic ring is 1. The van der Waals surface area contributed by atoms with Gasteiger partial charge in [0.2, 0.25) is 0 Å². The van der Waals surface area contributed by atoms with Gasteiger partial charge in [-0.05, 0) is 31.0 Å². The van der Waals surface area contributed by atoms with Crippen molar-refractivity contribution in [3.05, 3.63) is 24.5 Å². The Hall–Kier alpha value is -1.88. The summed E-state index contributed by atoms with van der Waals surface area (Å²) in [7, 11) is 0. The smallest absolute Gasteiger partial charge is 0.137 e. The molecule has 0 amide bonds. The second-order valence-corrected chi connectivity index (χ2v) is 6.07. The molecule has 0 radical (unpaired) electrons. The summed E-state index contributed by atoms with van der Waals surface area (Å²) < 4.78 is 0. The van der Waals surface area contributed by atoms with Gasteiger partial charge >= 0.3 is 0 Å². The van der Waals surface area contributed by atoms with Gasteiger partial charge in [-0.15, -0.1) is 0 Å². The monoisotopic (exact) mass is 286 g/mol. The van der Waals surface area contributed by atoms with Crippen LogP contribution in [0.3, 0.4) is 0 Å². The summed E-state index contributed by atoms with van der Waals surface area (Å²) in [6.45, 7) is 0.968. The van der Waals surface area contributed by atoms with Crippen molar-refractivity contribution in [3.63, 3.8) is 0 Å². The summed E-state index contributed by atoms with van der Waals surface area (Å²) >= 11 is 0. The van der Waals surface area contributed by atoms with Crippen LogP contribution in [-0.4, -0.2) is 28.2 Å². The highest BCUT2D eigenvalue weighted by Crippen LogP contribution is 2.36. The van der Waals surface area contributed by atoms with Crippen LogP contribution in [0.1, 0.15) is 32.1 Å². The van der Waals surface area contributed by atoms with E-state index in [0.717, 1.165) is 36.1 Å². The minimum atomic E-state index is -0.0180. The molecule has 1 aliphatic rings. The molecule has 1 aromatic carbocycles. The lowest BCUT2D eigenvalue weighted by atomic mass is 9.74. The van der Waals surface area contributed by atoms with Crippen LogP contribution in [0.4, 0.5) is 11.5 Å². The largest absolute Gasteiger partial charge is 0.399 e. The SMILES string of the molecule is Nc1ccc2ncnc(NCC3(CO)CCCCC3)c2c1. The fourth-order valence-electron chi connectivity index (χ4n) is 3.18. The van der Waals surface area contributed by atoms with E-state index in [1.807, 2.05) is 18.2 Å². The summed E-state index contributed by atoms with van der Waals surface area (Å²) in [5, 5.41) is 14.1. The van der Waals surface area contributed by atoms with Crippen molar-refractivity contribution in [2.75, 3.05) is 24.2 Å². The second-order valence-electron chi connectivity index (χ2n) is 6.07. The van der Waals surface area contributed by atoms with Crippen molar-refractivity contribution in [2.45, 2.75) is 32.1 Å². The third-order valence-corrected chi connectivity index (χ3v) is 4.54. The molecule has 1 aliphatic carbocycles. The van der Waals surface area contributed by atoms with Crippen LogP contribution >= 0.6 is 0 Å². The zero-order valence-electron chi connectivity index (χ0n) is 12.2. The number of rotatable bonds is 4. The Morgan fingerprint density at radius 2 is 2.00 bits per heavy atom. The molecular formula is C16H22N4O. The van der Waals surface area contributed by atoms with E-state index in [4.69, 9.17) is 5.73 Å². The van der Waals surface area contributed by atoms with E-state index in [-0.39, 0.29) is 12.0 Å². The molecule has 1 fully saturated rings. The summed E-state index contributed by atoms with van der Waals surface area (Å²) in [4.78, 5) is 8.60. The Morgan fingerprint density at radius 3 is 2.76 bits per heavy atom. The summed E-state index contributed by atoms with van der Waals surface area (Å²) in [6, 6.07) is 5.64. The van der Waals surface area contributed by atoms with E-state index < -0.39 is 0 Å². The van der Waals surface area contributed by atoms with Gasteiger partial charge < -0.3 is 16.2 Å². The van der Waals surface area contributed by atoms with Crippen LogP contribution in [0.25, 0.3) is 10.9 Å². The molecule has 0 saturated heterocycles. The molecule has 0 bridgehead atoms. The number of aliphatic hydroxyl groups is 1. The van der Waals surface area contributed by atoms with Gasteiger partial charge in [-0.2, -0.15) is 0 Å². The van der Waals surface area contributed by atoms with Crippen molar-refractivity contribution in [1.29, 1.82) is 0 Å². The Bertz CT molecular complexity index is 623. The van der Waals surface area contributed by atoms with Crippen molar-refractivity contribution >= 4 is 22.4 Å². The van der Waals surface area contributed by atoms with Gasteiger partial charge in [-0.25, -0.2) is 9.97 Å². The molecule has 112 valence electrons. The molecule has 4 N–H and O–H groups in total. The van der Waals surface area contributed by atoms with Gasteiger partial charge in [0.1, 0.15) is 12.1 Å². The van der Waals surface area contributed by atoms with E-state index in [2.05, 4.69) is 15.3 Å². The maximum atomic E-state index is 9.78. The predicted molar refractivity (Wildman–Crippen MR) is 85.0 cm³/mol. The fraction of sp³-hybridized carbons (Fsp3) is 0.500. The Kier molecular flexibility index (Phi) is 3.92. The van der Waals surface area contributed by atoms with Crippen molar-refractivity contribution in [3.8, 4) is 0 Å². The number of anilines is 2. The highest BCUT2D eigenvalue weighted by atomic mass is 16.3. The lowest BCUT2D eigenvalue weighted by molar-refractivity contribution is 0.0943. The quantitative estimate of drug-likeness (QED) is 0.752. The lowest BCUT2D eigenvalue weighted by Crippen LogP contribution is -2.35. The zero-order valence-corrected chi connectivity index (χ0v) is 12.2. The predicted octanol–water partition coefficient (Wildman–Crippen LogP) is 2.57. The first kappa shape index (κ1) is 14.1. The maximum absolute atomic E-state index is 9.78. The highest BCUT2D eigenvalue weighted by Gasteiger charge is 2.31. The van der Waals surface area contributed by atoms with Crippen LogP contribution in [0.15, 0.2) is 24.5 Å².